The number of hydrogen-bond acceptors (Lipinski definition) is 11. The molecular formula is C12H22O11. The molecule has 0 aliphatic carbocycles. The van der Waals surface area contributed by atoms with E-state index in [0.29, 0.717) is 0 Å². The lowest BCUT2D eigenvalue weighted by Gasteiger charge is -2.45. The van der Waals surface area contributed by atoms with Crippen molar-refractivity contribution in [3.8, 4) is 0 Å². The molecule has 2 rings (SSSR count). The minimum atomic E-state index is -1.74. The smallest absolute Gasteiger partial charge is 0.187 e. The molecule has 0 saturated carbocycles. The van der Waals surface area contributed by atoms with E-state index in [1.807, 2.05) is 0 Å². The third kappa shape index (κ3) is 3.65. The minimum absolute atomic E-state index is 0.667. The molecule has 2 unspecified atom stereocenters. The van der Waals surface area contributed by atoms with Crippen LogP contribution in [0.3, 0.4) is 0 Å². The average Bonchev–Trinajstić information content (AvgIpc) is 2.55. The molecule has 0 aromatic rings. The molecule has 2 aliphatic heterocycles. The van der Waals surface area contributed by atoms with Gasteiger partial charge >= 0.3 is 0 Å². The molecule has 0 aromatic heterocycles. The number of hydrogen-bond donors (Lipinski definition) is 8. The molecule has 0 radical (unpaired) electrons. The van der Waals surface area contributed by atoms with E-state index in [1.54, 1.807) is 0 Å². The van der Waals surface area contributed by atoms with Crippen molar-refractivity contribution in [2.75, 3.05) is 13.2 Å². The highest BCUT2D eigenvalue weighted by atomic mass is 16.7. The standard InChI is InChI=1S/C12H22O11/c13-1-3-5(15)6(16)9(19)12(22-3)23-10-4(2-14)21-11(20)8(18)7(10)17/h3-20H,1-2H2/t3?,4?,5-,6+,7+,8-,9+,10-,11+,12-/m1/s1. The summed E-state index contributed by atoms with van der Waals surface area (Å²) in [5, 5.41) is 76.5. The molecule has 2 fully saturated rings. The molecule has 0 bridgehead atoms. The molecule has 0 spiro atoms. The zero-order valence-electron chi connectivity index (χ0n) is 12.0. The highest BCUT2D eigenvalue weighted by Gasteiger charge is 2.50. The fourth-order valence-corrected chi connectivity index (χ4v) is 2.57. The van der Waals surface area contributed by atoms with Gasteiger partial charge in [-0.05, 0) is 0 Å². The Morgan fingerprint density at radius 1 is 0.652 bits per heavy atom. The monoisotopic (exact) mass is 342 g/mol. The number of rotatable bonds is 4. The highest BCUT2D eigenvalue weighted by molar-refractivity contribution is 4.93. The normalized spacial score (nSPS) is 51.7. The van der Waals surface area contributed by atoms with Crippen molar-refractivity contribution in [1.82, 2.24) is 0 Å². The van der Waals surface area contributed by atoms with Gasteiger partial charge < -0.3 is 55.1 Å². The van der Waals surface area contributed by atoms with Crippen LogP contribution in [-0.4, -0.2) is 115 Å². The fraction of sp³-hybridized carbons (Fsp3) is 1.00. The predicted molar refractivity (Wildman–Crippen MR) is 68.6 cm³/mol. The number of aliphatic hydroxyl groups is 8. The number of aliphatic hydroxyl groups excluding tert-OH is 8. The summed E-state index contributed by atoms with van der Waals surface area (Å²) in [7, 11) is 0. The Bertz CT molecular complexity index is 378. The first-order chi connectivity index (χ1) is 10.8. The third-order valence-corrected chi connectivity index (χ3v) is 3.98. The van der Waals surface area contributed by atoms with Crippen molar-refractivity contribution in [2.24, 2.45) is 0 Å². The molecule has 11 nitrogen and oxygen atoms in total. The molecule has 10 atom stereocenters. The van der Waals surface area contributed by atoms with E-state index in [0.717, 1.165) is 0 Å². The summed E-state index contributed by atoms with van der Waals surface area (Å²) in [6.07, 6.45) is -15.6. The van der Waals surface area contributed by atoms with Crippen molar-refractivity contribution in [3.63, 3.8) is 0 Å². The van der Waals surface area contributed by atoms with Gasteiger partial charge in [-0.3, -0.25) is 0 Å². The van der Waals surface area contributed by atoms with Crippen LogP contribution in [0.5, 0.6) is 0 Å². The van der Waals surface area contributed by atoms with Crippen molar-refractivity contribution < 1.29 is 55.1 Å². The second kappa shape index (κ2) is 7.63. The highest BCUT2D eigenvalue weighted by Crippen LogP contribution is 2.28. The summed E-state index contributed by atoms with van der Waals surface area (Å²) in [6, 6.07) is 0. The topological polar surface area (TPSA) is 190 Å². The van der Waals surface area contributed by atoms with E-state index in [4.69, 9.17) is 19.3 Å². The van der Waals surface area contributed by atoms with Gasteiger partial charge in [-0.25, -0.2) is 0 Å². The summed E-state index contributed by atoms with van der Waals surface area (Å²) in [5.41, 5.74) is 0. The maximum Gasteiger partial charge on any atom is 0.187 e. The number of ether oxygens (including phenoxy) is 3. The maximum atomic E-state index is 9.94. The zero-order valence-corrected chi connectivity index (χ0v) is 12.0. The van der Waals surface area contributed by atoms with Crippen LogP contribution < -0.4 is 0 Å². The Morgan fingerprint density at radius 3 is 1.83 bits per heavy atom. The Kier molecular flexibility index (Phi) is 6.27. The van der Waals surface area contributed by atoms with Crippen LogP contribution in [0.2, 0.25) is 0 Å². The summed E-state index contributed by atoms with van der Waals surface area (Å²) >= 11 is 0. The first-order valence-electron chi connectivity index (χ1n) is 7.08. The van der Waals surface area contributed by atoms with Crippen molar-refractivity contribution >= 4 is 0 Å². The summed E-state index contributed by atoms with van der Waals surface area (Å²) in [5.74, 6) is 0. The van der Waals surface area contributed by atoms with Gasteiger partial charge in [-0.2, -0.15) is 0 Å². The van der Waals surface area contributed by atoms with Crippen LogP contribution in [0.1, 0.15) is 0 Å². The van der Waals surface area contributed by atoms with Gasteiger partial charge in [0.25, 0.3) is 0 Å². The fourth-order valence-electron chi connectivity index (χ4n) is 2.57. The largest absolute Gasteiger partial charge is 0.394 e. The van der Waals surface area contributed by atoms with Crippen molar-refractivity contribution in [1.29, 1.82) is 0 Å². The molecular weight excluding hydrogens is 320 g/mol. The lowest BCUT2D eigenvalue weighted by atomic mass is 9.97. The van der Waals surface area contributed by atoms with E-state index in [2.05, 4.69) is 0 Å². The lowest BCUT2D eigenvalue weighted by molar-refractivity contribution is -0.355. The van der Waals surface area contributed by atoms with Crippen LogP contribution in [0, 0.1) is 0 Å². The Morgan fingerprint density at radius 2 is 1.26 bits per heavy atom. The first kappa shape index (κ1) is 18.9. The Labute approximate surface area is 130 Å². The quantitative estimate of drug-likeness (QED) is 0.243. The average molecular weight is 342 g/mol. The molecule has 8 N–H and O–H groups in total. The van der Waals surface area contributed by atoms with E-state index < -0.39 is 74.6 Å². The molecule has 23 heavy (non-hydrogen) atoms. The van der Waals surface area contributed by atoms with Gasteiger partial charge in [-0.15, -0.1) is 0 Å². The van der Waals surface area contributed by atoms with Crippen LogP contribution >= 0.6 is 0 Å². The van der Waals surface area contributed by atoms with E-state index in [-0.39, 0.29) is 0 Å². The van der Waals surface area contributed by atoms with Gasteiger partial charge in [0, 0.05) is 0 Å². The van der Waals surface area contributed by atoms with Crippen LogP contribution in [-0.2, 0) is 14.2 Å². The maximum absolute atomic E-state index is 9.94. The Balaban J connectivity index is 2.11. The van der Waals surface area contributed by atoms with Gasteiger partial charge in [0.2, 0.25) is 0 Å². The molecule has 2 saturated heterocycles. The molecule has 2 heterocycles. The van der Waals surface area contributed by atoms with Crippen LogP contribution in [0.15, 0.2) is 0 Å². The van der Waals surface area contributed by atoms with E-state index >= 15 is 0 Å². The minimum Gasteiger partial charge on any atom is -0.394 e. The summed E-state index contributed by atoms with van der Waals surface area (Å²) in [4.78, 5) is 0. The van der Waals surface area contributed by atoms with Gasteiger partial charge in [0.05, 0.1) is 13.2 Å². The molecule has 136 valence electrons. The molecule has 11 heteroatoms. The van der Waals surface area contributed by atoms with E-state index in [9.17, 15) is 35.7 Å². The summed E-state index contributed by atoms with van der Waals surface area (Å²) < 4.78 is 15.3. The SMILES string of the molecule is OCC1O[C@H](O[C@@H]2C(CO)O[C@H](O)[C@H](O)[C@@H]2O)[C@@H](O)[C@@H](O)[C@@H]1O. The van der Waals surface area contributed by atoms with Crippen molar-refractivity contribution in [2.45, 2.75) is 61.4 Å². The second-order valence-corrected chi connectivity index (χ2v) is 5.53. The Hall–Kier alpha value is -0.440. The molecule has 0 aromatic carbocycles. The van der Waals surface area contributed by atoms with Crippen LogP contribution in [0.4, 0.5) is 0 Å². The first-order valence-corrected chi connectivity index (χ1v) is 7.08. The lowest BCUT2D eigenvalue weighted by Crippen LogP contribution is -2.64. The summed E-state index contributed by atoms with van der Waals surface area (Å²) in [6.45, 7) is -1.35. The van der Waals surface area contributed by atoms with E-state index in [1.165, 1.54) is 0 Å². The molecule has 0 amide bonds. The van der Waals surface area contributed by atoms with Crippen LogP contribution in [0.25, 0.3) is 0 Å². The van der Waals surface area contributed by atoms with Crippen molar-refractivity contribution in [3.05, 3.63) is 0 Å². The van der Waals surface area contributed by atoms with Gasteiger partial charge in [0.1, 0.15) is 48.8 Å². The third-order valence-electron chi connectivity index (χ3n) is 3.98. The predicted octanol–water partition coefficient (Wildman–Crippen LogP) is -5.40. The second-order valence-electron chi connectivity index (χ2n) is 5.53. The molecule has 2 aliphatic rings. The van der Waals surface area contributed by atoms with Gasteiger partial charge in [-0.1, -0.05) is 0 Å². The van der Waals surface area contributed by atoms with Gasteiger partial charge in [0.15, 0.2) is 12.6 Å². The zero-order chi connectivity index (χ0) is 17.3.